The zero-order valence-electron chi connectivity index (χ0n) is 9.71. The molecule has 5 nitrogen and oxygen atoms in total. The van der Waals surface area contributed by atoms with Gasteiger partial charge in [-0.25, -0.2) is 0 Å². The summed E-state index contributed by atoms with van der Waals surface area (Å²) in [7, 11) is 0. The molecule has 3 heterocycles. The Hall–Kier alpha value is -1.17. The quantitative estimate of drug-likeness (QED) is 0.567. The van der Waals surface area contributed by atoms with E-state index in [-0.39, 0.29) is 30.6 Å². The van der Waals surface area contributed by atoms with E-state index in [1.807, 2.05) is 12.2 Å². The molecule has 0 aromatic heterocycles. The van der Waals surface area contributed by atoms with Crippen molar-refractivity contribution in [3.63, 3.8) is 0 Å². The molecule has 0 aliphatic carbocycles. The lowest BCUT2D eigenvalue weighted by atomic mass is 9.85. The van der Waals surface area contributed by atoms with Crippen molar-refractivity contribution in [2.75, 3.05) is 6.61 Å². The summed E-state index contributed by atoms with van der Waals surface area (Å²) in [5.74, 6) is -1.48. The van der Waals surface area contributed by atoms with E-state index in [2.05, 4.69) is 0 Å². The van der Waals surface area contributed by atoms with Gasteiger partial charge in [-0.2, -0.15) is 5.06 Å². The molecule has 0 unspecified atom stereocenters. The zero-order valence-corrected chi connectivity index (χ0v) is 10.5. The number of rotatable bonds is 3. The lowest BCUT2D eigenvalue weighted by Gasteiger charge is -2.15. The van der Waals surface area contributed by atoms with Crippen LogP contribution in [0, 0.1) is 11.8 Å². The van der Waals surface area contributed by atoms with Crippen LogP contribution in [0.3, 0.4) is 0 Å². The smallest absolute Gasteiger partial charge is 0.260 e. The third-order valence-corrected chi connectivity index (χ3v) is 3.59. The molecule has 2 amide bonds. The maximum atomic E-state index is 12.1. The average molecular weight is 270 g/mol. The predicted molar refractivity (Wildman–Crippen MR) is 62.2 cm³/mol. The fourth-order valence-electron chi connectivity index (χ4n) is 2.63. The highest BCUT2D eigenvalue weighted by atomic mass is 35.5. The average Bonchev–Trinajstić information content (AvgIpc) is 2.97. The largest absolute Gasteiger partial charge is 0.365 e. The number of carbonyl (C=O) groups excluding carboxylic acids is 2. The number of imide groups is 1. The van der Waals surface area contributed by atoms with Crippen LogP contribution in [0.25, 0.3) is 0 Å². The van der Waals surface area contributed by atoms with Gasteiger partial charge in [0, 0.05) is 5.03 Å². The van der Waals surface area contributed by atoms with Crippen LogP contribution < -0.4 is 0 Å². The van der Waals surface area contributed by atoms with E-state index >= 15 is 0 Å². The zero-order chi connectivity index (χ0) is 12.9. The summed E-state index contributed by atoms with van der Waals surface area (Å²) in [5.41, 5.74) is 0. The number of fused-ring (bicyclic) bond motifs is 5. The summed E-state index contributed by atoms with van der Waals surface area (Å²) in [6.45, 7) is 1.81. The highest BCUT2D eigenvalue weighted by Gasteiger charge is 2.61. The van der Waals surface area contributed by atoms with Crippen LogP contribution in [0.2, 0.25) is 0 Å². The summed E-state index contributed by atoms with van der Waals surface area (Å²) in [6, 6.07) is 0. The van der Waals surface area contributed by atoms with Gasteiger partial charge in [0.1, 0.15) is 0 Å². The number of hydrogen-bond acceptors (Lipinski definition) is 4. The molecule has 0 radical (unpaired) electrons. The Morgan fingerprint density at radius 3 is 2.44 bits per heavy atom. The van der Waals surface area contributed by atoms with E-state index in [9.17, 15) is 9.59 Å². The summed E-state index contributed by atoms with van der Waals surface area (Å²) >= 11 is 5.65. The second-order valence-electron chi connectivity index (χ2n) is 4.56. The third kappa shape index (κ3) is 1.62. The van der Waals surface area contributed by atoms with Gasteiger partial charge in [0.2, 0.25) is 0 Å². The van der Waals surface area contributed by atoms with Crippen molar-refractivity contribution in [3.8, 4) is 0 Å². The molecule has 2 bridgehead atoms. The summed E-state index contributed by atoms with van der Waals surface area (Å²) < 4.78 is 5.50. The second kappa shape index (κ2) is 4.19. The van der Waals surface area contributed by atoms with Crippen LogP contribution in [0.5, 0.6) is 0 Å². The maximum absolute atomic E-state index is 12.1. The number of allylic oxidation sites excluding steroid dienone is 1. The van der Waals surface area contributed by atoms with Crippen LogP contribution in [0.15, 0.2) is 23.3 Å². The van der Waals surface area contributed by atoms with E-state index in [4.69, 9.17) is 21.2 Å². The molecular weight excluding hydrogens is 258 g/mol. The van der Waals surface area contributed by atoms with E-state index in [1.165, 1.54) is 0 Å². The van der Waals surface area contributed by atoms with Crippen LogP contribution in [0.4, 0.5) is 0 Å². The first-order chi connectivity index (χ1) is 8.59. The summed E-state index contributed by atoms with van der Waals surface area (Å²) in [6.07, 6.45) is 4.71. The van der Waals surface area contributed by atoms with Crippen molar-refractivity contribution in [1.82, 2.24) is 5.06 Å². The van der Waals surface area contributed by atoms with Crippen LogP contribution >= 0.6 is 11.6 Å². The van der Waals surface area contributed by atoms with Gasteiger partial charge in [-0.1, -0.05) is 23.8 Å². The van der Waals surface area contributed by atoms with E-state index < -0.39 is 11.8 Å². The minimum absolute atomic E-state index is 0.107. The molecule has 18 heavy (non-hydrogen) atoms. The van der Waals surface area contributed by atoms with Crippen molar-refractivity contribution < 1.29 is 19.2 Å². The molecule has 2 fully saturated rings. The Kier molecular flexibility index (Phi) is 2.77. The lowest BCUT2D eigenvalue weighted by molar-refractivity contribution is -0.188. The standard InChI is InChI=1S/C12H12ClNO4/c1-6(13)4-5-17-14-11(15)9-7-2-3-8(18-7)10(9)12(14)16/h2-4,7-10H,5H2,1H3/b6-4-/t7-,8+,9+,10-. The first-order valence-corrected chi connectivity index (χ1v) is 6.14. The minimum Gasteiger partial charge on any atom is -0.365 e. The fourth-order valence-corrected chi connectivity index (χ4v) is 2.69. The molecule has 0 aromatic rings. The Morgan fingerprint density at radius 2 is 1.94 bits per heavy atom. The van der Waals surface area contributed by atoms with Crippen molar-refractivity contribution in [1.29, 1.82) is 0 Å². The van der Waals surface area contributed by atoms with Crippen molar-refractivity contribution >= 4 is 23.4 Å². The molecule has 0 saturated carbocycles. The Bertz CT molecular complexity index is 439. The SMILES string of the molecule is C/C(Cl)=C/CON1C(=O)[C@@H]2[C@H](C1=O)[C@@H]1C=C[C@H]2O1. The molecule has 0 N–H and O–H groups in total. The van der Waals surface area contributed by atoms with Crippen LogP contribution in [-0.2, 0) is 19.2 Å². The number of nitrogens with zero attached hydrogens (tertiary/aromatic N) is 1. The third-order valence-electron chi connectivity index (χ3n) is 3.44. The van der Waals surface area contributed by atoms with Gasteiger partial charge >= 0.3 is 0 Å². The number of ether oxygens (including phenoxy) is 1. The highest BCUT2D eigenvalue weighted by Crippen LogP contribution is 2.45. The summed E-state index contributed by atoms with van der Waals surface area (Å²) in [5, 5.41) is 1.42. The topological polar surface area (TPSA) is 55.8 Å². The summed E-state index contributed by atoms with van der Waals surface area (Å²) in [4.78, 5) is 29.3. The number of hydroxylamine groups is 2. The van der Waals surface area contributed by atoms with Crippen LogP contribution in [0.1, 0.15) is 6.92 Å². The molecule has 4 atom stereocenters. The van der Waals surface area contributed by atoms with Gasteiger partial charge in [0.05, 0.1) is 30.7 Å². The number of halogens is 1. The van der Waals surface area contributed by atoms with Crippen LogP contribution in [-0.4, -0.2) is 35.7 Å². The maximum Gasteiger partial charge on any atom is 0.260 e. The van der Waals surface area contributed by atoms with E-state index in [0.29, 0.717) is 5.03 Å². The van der Waals surface area contributed by atoms with Gasteiger partial charge < -0.3 is 4.74 Å². The van der Waals surface area contributed by atoms with E-state index in [0.717, 1.165) is 5.06 Å². The van der Waals surface area contributed by atoms with Gasteiger partial charge in [-0.3, -0.25) is 14.4 Å². The molecule has 3 rings (SSSR count). The van der Waals surface area contributed by atoms with Crippen molar-refractivity contribution in [2.45, 2.75) is 19.1 Å². The Labute approximate surface area is 109 Å². The lowest BCUT2D eigenvalue weighted by Crippen LogP contribution is -2.34. The van der Waals surface area contributed by atoms with Gasteiger partial charge in [0.25, 0.3) is 11.8 Å². The fraction of sp³-hybridized carbons (Fsp3) is 0.500. The van der Waals surface area contributed by atoms with Crippen molar-refractivity contribution in [2.24, 2.45) is 11.8 Å². The number of hydrogen-bond donors (Lipinski definition) is 0. The Morgan fingerprint density at radius 1 is 1.39 bits per heavy atom. The highest BCUT2D eigenvalue weighted by molar-refractivity contribution is 6.29. The first-order valence-electron chi connectivity index (χ1n) is 5.76. The predicted octanol–water partition coefficient (Wildman–Crippen LogP) is 0.999. The molecule has 6 heteroatoms. The van der Waals surface area contributed by atoms with Gasteiger partial charge in [0.15, 0.2) is 0 Å². The molecular formula is C12H12ClNO4. The first kappa shape index (κ1) is 11.9. The normalized spacial score (nSPS) is 37.9. The van der Waals surface area contributed by atoms with Crippen molar-refractivity contribution in [3.05, 3.63) is 23.3 Å². The Balaban J connectivity index is 1.74. The monoisotopic (exact) mass is 269 g/mol. The molecule has 0 spiro atoms. The van der Waals surface area contributed by atoms with Gasteiger partial charge in [-0.05, 0) is 13.0 Å². The number of amides is 2. The molecule has 96 valence electrons. The number of carbonyl (C=O) groups is 2. The molecule has 0 aromatic carbocycles. The van der Waals surface area contributed by atoms with E-state index in [1.54, 1.807) is 13.0 Å². The molecule has 3 aliphatic rings. The van der Waals surface area contributed by atoms with Gasteiger partial charge in [-0.15, -0.1) is 0 Å². The second-order valence-corrected chi connectivity index (χ2v) is 5.16. The molecule has 2 saturated heterocycles. The minimum atomic E-state index is -0.423. The molecule has 3 aliphatic heterocycles.